The molecule has 0 spiro atoms. The van der Waals surface area contributed by atoms with Crippen molar-refractivity contribution in [3.8, 4) is 0 Å². The molecule has 144 valence electrons. The first kappa shape index (κ1) is 20.0. The van der Waals surface area contributed by atoms with Crippen molar-refractivity contribution in [1.82, 2.24) is 9.80 Å². The van der Waals surface area contributed by atoms with E-state index >= 15 is 0 Å². The van der Waals surface area contributed by atoms with Gasteiger partial charge in [-0.05, 0) is 39.0 Å². The zero-order chi connectivity index (χ0) is 19.2. The van der Waals surface area contributed by atoms with Gasteiger partial charge in [-0.1, -0.05) is 20.8 Å². The second-order valence-corrected chi connectivity index (χ2v) is 9.35. The number of rotatable bonds is 3. The summed E-state index contributed by atoms with van der Waals surface area (Å²) in [6, 6.07) is -1.16. The van der Waals surface area contributed by atoms with Gasteiger partial charge in [0.25, 0.3) is 0 Å². The Morgan fingerprint density at radius 3 is 2.32 bits per heavy atom. The van der Waals surface area contributed by atoms with Crippen molar-refractivity contribution in [3.05, 3.63) is 0 Å². The molecule has 2 N–H and O–H groups in total. The lowest BCUT2D eigenvalue weighted by molar-refractivity contribution is -0.142. The van der Waals surface area contributed by atoms with E-state index in [2.05, 4.69) is 0 Å². The monoisotopic (exact) mass is 356 g/mol. The van der Waals surface area contributed by atoms with Crippen LogP contribution in [0.4, 0.5) is 4.79 Å². The van der Waals surface area contributed by atoms with Crippen molar-refractivity contribution >= 4 is 12.0 Å². The molecule has 2 aliphatic heterocycles. The molecule has 0 aromatic heterocycles. The Morgan fingerprint density at radius 1 is 1.24 bits per heavy atom. The highest BCUT2D eigenvalue weighted by atomic mass is 16.5. The summed E-state index contributed by atoms with van der Waals surface area (Å²) in [5.41, 5.74) is -0.926. The van der Waals surface area contributed by atoms with Crippen molar-refractivity contribution in [1.29, 1.82) is 0 Å². The molecule has 7 heteroatoms. The van der Waals surface area contributed by atoms with Gasteiger partial charge in [-0.25, -0.2) is 4.79 Å². The minimum Gasteiger partial charge on any atom is -0.465 e. The van der Waals surface area contributed by atoms with E-state index in [0.717, 1.165) is 0 Å². The number of nitrogens with zero attached hydrogens (tertiary/aromatic N) is 2. The van der Waals surface area contributed by atoms with E-state index in [1.165, 1.54) is 4.90 Å². The molecule has 0 bridgehead atoms. The fourth-order valence-corrected chi connectivity index (χ4v) is 3.95. The molecule has 2 aliphatic rings. The number of likely N-dealkylation sites (tertiary alicyclic amines) is 1. The zero-order valence-electron chi connectivity index (χ0n) is 16.2. The topological polar surface area (TPSA) is 90.3 Å². The molecule has 0 saturated carbocycles. The lowest BCUT2D eigenvalue weighted by atomic mass is 9.85. The lowest BCUT2D eigenvalue weighted by Crippen LogP contribution is -2.60. The van der Waals surface area contributed by atoms with Crippen LogP contribution < -0.4 is 0 Å². The summed E-state index contributed by atoms with van der Waals surface area (Å²) in [6.07, 6.45) is -0.866. The number of ether oxygens (including phenoxy) is 1. The molecular weight excluding hydrogens is 324 g/mol. The summed E-state index contributed by atoms with van der Waals surface area (Å²) < 4.78 is 5.55. The second-order valence-electron chi connectivity index (χ2n) is 9.35. The Labute approximate surface area is 149 Å². The molecule has 2 fully saturated rings. The Kier molecular flexibility index (Phi) is 5.40. The molecule has 4 atom stereocenters. The van der Waals surface area contributed by atoms with Gasteiger partial charge in [0.2, 0.25) is 5.91 Å². The number of hydrogen-bond acceptors (Lipinski definition) is 4. The normalized spacial score (nSPS) is 28.0. The van der Waals surface area contributed by atoms with Crippen LogP contribution in [-0.4, -0.2) is 75.0 Å². The van der Waals surface area contributed by atoms with Crippen molar-refractivity contribution in [2.75, 3.05) is 13.2 Å². The molecule has 2 rings (SSSR count). The summed E-state index contributed by atoms with van der Waals surface area (Å²) in [7, 11) is 0. The van der Waals surface area contributed by atoms with Gasteiger partial charge in [-0.15, -0.1) is 0 Å². The largest absolute Gasteiger partial charge is 0.465 e. The fraction of sp³-hybridized carbons (Fsp3) is 0.889. The first-order chi connectivity index (χ1) is 11.3. The molecule has 0 aliphatic carbocycles. The molecule has 7 nitrogen and oxygen atoms in total. The highest BCUT2D eigenvalue weighted by Gasteiger charge is 2.50. The summed E-state index contributed by atoms with van der Waals surface area (Å²) >= 11 is 0. The molecule has 2 heterocycles. The summed E-state index contributed by atoms with van der Waals surface area (Å²) in [6.45, 7) is 12.1. The quantitative estimate of drug-likeness (QED) is 0.806. The molecule has 2 saturated heterocycles. The van der Waals surface area contributed by atoms with Crippen molar-refractivity contribution in [2.24, 2.45) is 5.41 Å². The van der Waals surface area contributed by atoms with Gasteiger partial charge in [-0.3, -0.25) is 9.69 Å². The van der Waals surface area contributed by atoms with Crippen LogP contribution in [-0.2, 0) is 9.53 Å². The summed E-state index contributed by atoms with van der Waals surface area (Å²) in [4.78, 5) is 28.2. The maximum absolute atomic E-state index is 13.4. The third-order valence-corrected chi connectivity index (χ3v) is 4.88. The first-order valence-electron chi connectivity index (χ1n) is 8.95. The van der Waals surface area contributed by atoms with E-state index in [1.807, 2.05) is 20.8 Å². The number of aliphatic hydroxyl groups is 1. The van der Waals surface area contributed by atoms with Crippen LogP contribution in [0.25, 0.3) is 0 Å². The zero-order valence-corrected chi connectivity index (χ0v) is 16.2. The van der Waals surface area contributed by atoms with Crippen LogP contribution in [0.5, 0.6) is 0 Å². The third kappa shape index (κ3) is 4.26. The first-order valence-corrected chi connectivity index (χ1v) is 8.95. The molecule has 2 amide bonds. The molecular formula is C18H32N2O5. The Hall–Kier alpha value is -1.34. The average molecular weight is 356 g/mol. The van der Waals surface area contributed by atoms with Crippen LogP contribution in [0.2, 0.25) is 0 Å². The van der Waals surface area contributed by atoms with Gasteiger partial charge in [-0.2, -0.15) is 0 Å². The number of fused-ring (bicyclic) bond motifs is 1. The van der Waals surface area contributed by atoms with Crippen LogP contribution in [0, 0.1) is 5.41 Å². The van der Waals surface area contributed by atoms with Crippen molar-refractivity contribution in [2.45, 2.75) is 84.2 Å². The minimum atomic E-state index is -1.10. The van der Waals surface area contributed by atoms with Crippen molar-refractivity contribution in [3.63, 3.8) is 0 Å². The Morgan fingerprint density at radius 2 is 1.84 bits per heavy atom. The average Bonchev–Trinajstić information content (AvgIpc) is 2.97. The van der Waals surface area contributed by atoms with Gasteiger partial charge in [0.1, 0.15) is 12.1 Å². The van der Waals surface area contributed by atoms with Crippen LogP contribution in [0.1, 0.15) is 54.4 Å². The second kappa shape index (κ2) is 6.76. The molecule has 0 aromatic rings. The predicted molar refractivity (Wildman–Crippen MR) is 93.3 cm³/mol. The standard InChI is InChI=1S/C18H32N2O5/c1-17(2,3)9-11(20(16(23)24)18(4,5)6)15(22)19-8-7-13-14(19)12(21)10-25-13/h11-14,21H,7-10H2,1-6H3,(H,23,24)/t11-,12-,13+,14+/m0/s1. The number of carbonyl (C=O) groups excluding carboxylic acids is 1. The van der Waals surface area contributed by atoms with E-state index in [4.69, 9.17) is 4.74 Å². The van der Waals surface area contributed by atoms with Crippen LogP contribution >= 0.6 is 0 Å². The van der Waals surface area contributed by atoms with Gasteiger partial charge in [0.15, 0.2) is 0 Å². The number of amides is 2. The van der Waals surface area contributed by atoms with E-state index in [-0.39, 0.29) is 30.1 Å². The third-order valence-electron chi connectivity index (χ3n) is 4.88. The van der Waals surface area contributed by atoms with Gasteiger partial charge < -0.3 is 19.8 Å². The van der Waals surface area contributed by atoms with Crippen LogP contribution in [0.15, 0.2) is 0 Å². The van der Waals surface area contributed by atoms with Crippen LogP contribution in [0.3, 0.4) is 0 Å². The highest BCUT2D eigenvalue weighted by molar-refractivity contribution is 5.86. The Balaban J connectivity index is 2.34. The summed E-state index contributed by atoms with van der Waals surface area (Å²) in [5, 5.41) is 20.0. The SMILES string of the molecule is CC(C)(C)C[C@@H](C(=O)N1CC[C@H]2OC[C@H](O)[C@H]21)N(C(=O)O)C(C)(C)C. The van der Waals surface area contributed by atoms with E-state index < -0.39 is 23.8 Å². The number of hydrogen-bond donors (Lipinski definition) is 2. The number of carboxylic acid groups (broad SMARTS) is 1. The molecule has 25 heavy (non-hydrogen) atoms. The number of aliphatic hydroxyl groups excluding tert-OH is 1. The smallest absolute Gasteiger partial charge is 0.408 e. The lowest BCUT2D eigenvalue weighted by Gasteiger charge is -2.43. The maximum Gasteiger partial charge on any atom is 0.408 e. The fourth-order valence-electron chi connectivity index (χ4n) is 3.95. The minimum absolute atomic E-state index is 0.151. The van der Waals surface area contributed by atoms with Gasteiger partial charge >= 0.3 is 6.09 Å². The predicted octanol–water partition coefficient (Wildman–Crippen LogP) is 1.93. The van der Waals surface area contributed by atoms with E-state index in [0.29, 0.717) is 19.4 Å². The Bertz CT molecular complexity index is 523. The molecule has 0 radical (unpaired) electrons. The molecule has 0 unspecified atom stereocenters. The van der Waals surface area contributed by atoms with E-state index in [9.17, 15) is 19.8 Å². The van der Waals surface area contributed by atoms with E-state index in [1.54, 1.807) is 25.7 Å². The van der Waals surface area contributed by atoms with Gasteiger partial charge in [0, 0.05) is 12.1 Å². The van der Waals surface area contributed by atoms with Gasteiger partial charge in [0.05, 0.1) is 18.8 Å². The molecule has 0 aromatic carbocycles. The number of carbonyl (C=O) groups is 2. The maximum atomic E-state index is 13.4. The highest BCUT2D eigenvalue weighted by Crippen LogP contribution is 2.34. The van der Waals surface area contributed by atoms with Crippen molar-refractivity contribution < 1.29 is 24.5 Å². The summed E-state index contributed by atoms with van der Waals surface area (Å²) in [5.74, 6) is -0.232.